The molecule has 1 unspecified atom stereocenters. The lowest BCUT2D eigenvalue weighted by molar-refractivity contribution is -0.120. The van der Waals surface area contributed by atoms with Crippen molar-refractivity contribution in [3.8, 4) is 0 Å². The van der Waals surface area contributed by atoms with Gasteiger partial charge < -0.3 is 15.7 Å². The Morgan fingerprint density at radius 2 is 2.11 bits per heavy atom. The summed E-state index contributed by atoms with van der Waals surface area (Å²) in [6.07, 6.45) is 0.0997. The maximum absolute atomic E-state index is 11.6. The van der Waals surface area contributed by atoms with Gasteiger partial charge in [-0.3, -0.25) is 9.59 Å². The summed E-state index contributed by atoms with van der Waals surface area (Å²) in [5.41, 5.74) is 0.563. The van der Waals surface area contributed by atoms with E-state index in [1.54, 1.807) is 11.4 Å². The van der Waals surface area contributed by atoms with Gasteiger partial charge in [0.15, 0.2) is 0 Å². The number of thiophene rings is 1. The van der Waals surface area contributed by atoms with Crippen LogP contribution in [-0.2, 0) is 4.79 Å². The number of rotatable bonds is 7. The Bertz CT molecular complexity index is 404. The van der Waals surface area contributed by atoms with Crippen LogP contribution in [0.5, 0.6) is 0 Å². The van der Waals surface area contributed by atoms with Gasteiger partial charge in [-0.25, -0.2) is 0 Å². The first-order chi connectivity index (χ1) is 9.00. The lowest BCUT2D eigenvalue weighted by Crippen LogP contribution is -2.38. The van der Waals surface area contributed by atoms with E-state index < -0.39 is 6.10 Å². The van der Waals surface area contributed by atoms with Crippen molar-refractivity contribution in [3.63, 3.8) is 0 Å². The van der Waals surface area contributed by atoms with Crippen molar-refractivity contribution in [1.29, 1.82) is 0 Å². The zero-order valence-corrected chi connectivity index (χ0v) is 12.0. The number of nitrogens with one attached hydrogen (secondary N) is 2. The molecule has 1 atom stereocenters. The van der Waals surface area contributed by atoms with Gasteiger partial charge >= 0.3 is 0 Å². The number of carbonyl (C=O) groups excluding carboxylic acids is 2. The molecule has 1 heterocycles. The predicted molar refractivity (Wildman–Crippen MR) is 75.1 cm³/mol. The molecule has 6 heteroatoms. The van der Waals surface area contributed by atoms with Crippen LogP contribution in [0.15, 0.2) is 16.8 Å². The summed E-state index contributed by atoms with van der Waals surface area (Å²) in [5.74, 6) is -0.326. The molecule has 106 valence electrons. The quantitative estimate of drug-likeness (QED) is 0.699. The van der Waals surface area contributed by atoms with Gasteiger partial charge in [0.2, 0.25) is 5.91 Å². The van der Waals surface area contributed by atoms with Crippen molar-refractivity contribution < 1.29 is 14.7 Å². The summed E-state index contributed by atoms with van der Waals surface area (Å²) in [7, 11) is 0. The van der Waals surface area contributed by atoms with Gasteiger partial charge in [-0.05, 0) is 23.8 Å². The second-order valence-electron chi connectivity index (χ2n) is 4.64. The highest BCUT2D eigenvalue weighted by atomic mass is 32.1. The summed E-state index contributed by atoms with van der Waals surface area (Å²) in [4.78, 5) is 23.0. The van der Waals surface area contributed by atoms with Crippen LogP contribution >= 0.6 is 11.3 Å². The largest absolute Gasteiger partial charge is 0.393 e. The maximum Gasteiger partial charge on any atom is 0.252 e. The standard InChI is InChI=1S/C13H20N2O3S/c1-9(2)11(16)3-5-14-12(17)7-15-13(18)10-4-6-19-8-10/h4,6,8-9,11,16H,3,5,7H2,1-2H3,(H,14,17)(H,15,18). The molecule has 1 rings (SSSR count). The zero-order chi connectivity index (χ0) is 14.3. The van der Waals surface area contributed by atoms with Crippen molar-refractivity contribution >= 4 is 23.2 Å². The van der Waals surface area contributed by atoms with E-state index in [0.717, 1.165) is 0 Å². The molecule has 19 heavy (non-hydrogen) atoms. The Hall–Kier alpha value is -1.40. The van der Waals surface area contributed by atoms with E-state index in [1.807, 2.05) is 19.2 Å². The number of aliphatic hydroxyl groups excluding tert-OH is 1. The van der Waals surface area contributed by atoms with Crippen LogP contribution in [0.3, 0.4) is 0 Å². The fourth-order valence-electron chi connectivity index (χ4n) is 1.41. The highest BCUT2D eigenvalue weighted by Gasteiger charge is 2.10. The van der Waals surface area contributed by atoms with E-state index in [0.29, 0.717) is 18.5 Å². The Labute approximate surface area is 117 Å². The fraction of sp³-hybridized carbons (Fsp3) is 0.538. The minimum absolute atomic E-state index is 0.0492. The Morgan fingerprint density at radius 1 is 1.37 bits per heavy atom. The van der Waals surface area contributed by atoms with Crippen molar-refractivity contribution in [2.45, 2.75) is 26.4 Å². The van der Waals surface area contributed by atoms with Crippen LogP contribution in [-0.4, -0.2) is 36.1 Å². The zero-order valence-electron chi connectivity index (χ0n) is 11.2. The first kappa shape index (κ1) is 15.7. The van der Waals surface area contributed by atoms with Gasteiger partial charge in [-0.1, -0.05) is 13.8 Å². The Balaban J connectivity index is 2.16. The molecule has 1 aromatic heterocycles. The summed E-state index contributed by atoms with van der Waals surface area (Å²) < 4.78 is 0. The van der Waals surface area contributed by atoms with E-state index in [9.17, 15) is 14.7 Å². The van der Waals surface area contributed by atoms with Crippen molar-refractivity contribution in [3.05, 3.63) is 22.4 Å². The highest BCUT2D eigenvalue weighted by Crippen LogP contribution is 2.05. The van der Waals surface area contributed by atoms with Gasteiger partial charge in [0.1, 0.15) is 0 Å². The van der Waals surface area contributed by atoms with Crippen molar-refractivity contribution in [1.82, 2.24) is 10.6 Å². The minimum atomic E-state index is -0.416. The third-order valence-electron chi connectivity index (χ3n) is 2.72. The molecule has 0 aliphatic heterocycles. The van der Waals surface area contributed by atoms with Crippen LogP contribution in [0.1, 0.15) is 30.6 Å². The molecule has 0 fully saturated rings. The van der Waals surface area contributed by atoms with Gasteiger partial charge in [0.05, 0.1) is 12.6 Å². The van der Waals surface area contributed by atoms with Gasteiger partial charge in [-0.2, -0.15) is 11.3 Å². The number of amides is 2. The molecule has 0 spiro atoms. The maximum atomic E-state index is 11.6. The summed E-state index contributed by atoms with van der Waals surface area (Å²) in [5, 5.41) is 18.3. The molecule has 0 saturated carbocycles. The number of hydrogen-bond acceptors (Lipinski definition) is 4. The highest BCUT2D eigenvalue weighted by molar-refractivity contribution is 7.08. The molecule has 0 aliphatic rings. The summed E-state index contributed by atoms with van der Waals surface area (Å²) in [6, 6.07) is 1.71. The topological polar surface area (TPSA) is 78.4 Å². The second kappa shape index (κ2) is 7.91. The molecule has 0 saturated heterocycles. The monoisotopic (exact) mass is 284 g/mol. The fourth-order valence-corrected chi connectivity index (χ4v) is 2.05. The third kappa shape index (κ3) is 5.85. The van der Waals surface area contributed by atoms with E-state index in [2.05, 4.69) is 10.6 Å². The normalized spacial score (nSPS) is 12.2. The molecule has 0 aliphatic carbocycles. The SMILES string of the molecule is CC(C)C(O)CCNC(=O)CNC(=O)c1ccsc1. The average molecular weight is 284 g/mol. The molecule has 2 amide bonds. The molecule has 5 nitrogen and oxygen atoms in total. The Morgan fingerprint density at radius 3 is 2.68 bits per heavy atom. The van der Waals surface area contributed by atoms with Crippen LogP contribution in [0, 0.1) is 5.92 Å². The third-order valence-corrected chi connectivity index (χ3v) is 3.41. The van der Waals surface area contributed by atoms with Crippen LogP contribution in [0.2, 0.25) is 0 Å². The number of hydrogen-bond donors (Lipinski definition) is 3. The Kier molecular flexibility index (Phi) is 6.52. The average Bonchev–Trinajstić information content (AvgIpc) is 2.89. The van der Waals surface area contributed by atoms with Crippen LogP contribution < -0.4 is 10.6 Å². The molecule has 0 radical (unpaired) electrons. The first-order valence-electron chi connectivity index (χ1n) is 6.26. The molecule has 3 N–H and O–H groups in total. The van der Waals surface area contributed by atoms with Crippen molar-refractivity contribution in [2.75, 3.05) is 13.1 Å². The lowest BCUT2D eigenvalue weighted by Gasteiger charge is -2.14. The number of carbonyl (C=O) groups is 2. The molecular weight excluding hydrogens is 264 g/mol. The minimum Gasteiger partial charge on any atom is -0.393 e. The van der Waals surface area contributed by atoms with Gasteiger partial charge in [0.25, 0.3) is 5.91 Å². The van der Waals surface area contributed by atoms with Crippen LogP contribution in [0.4, 0.5) is 0 Å². The lowest BCUT2D eigenvalue weighted by atomic mass is 10.0. The molecule has 1 aromatic rings. The van der Waals surface area contributed by atoms with E-state index >= 15 is 0 Å². The van der Waals surface area contributed by atoms with Gasteiger partial charge in [0, 0.05) is 17.5 Å². The summed E-state index contributed by atoms with van der Waals surface area (Å²) >= 11 is 1.43. The van der Waals surface area contributed by atoms with E-state index in [4.69, 9.17) is 0 Å². The predicted octanol–water partition coefficient (Wildman–Crippen LogP) is 1.00. The smallest absolute Gasteiger partial charge is 0.252 e. The molecule has 0 aromatic carbocycles. The first-order valence-corrected chi connectivity index (χ1v) is 7.20. The second-order valence-corrected chi connectivity index (χ2v) is 5.42. The van der Waals surface area contributed by atoms with Crippen LogP contribution in [0.25, 0.3) is 0 Å². The molecule has 0 bridgehead atoms. The van der Waals surface area contributed by atoms with E-state index in [-0.39, 0.29) is 24.3 Å². The van der Waals surface area contributed by atoms with E-state index in [1.165, 1.54) is 11.3 Å². The van der Waals surface area contributed by atoms with Gasteiger partial charge in [-0.15, -0.1) is 0 Å². The number of aliphatic hydroxyl groups is 1. The van der Waals surface area contributed by atoms with Crippen molar-refractivity contribution in [2.24, 2.45) is 5.92 Å². The summed E-state index contributed by atoms with van der Waals surface area (Å²) in [6.45, 7) is 4.21. The molecular formula is C13H20N2O3S.